The number of carbonyl (C=O) groups excluding carboxylic acids is 2. The predicted octanol–water partition coefficient (Wildman–Crippen LogP) is 2.65. The second kappa shape index (κ2) is 6.78. The van der Waals surface area contributed by atoms with Crippen LogP contribution in [0.3, 0.4) is 0 Å². The van der Waals surface area contributed by atoms with Gasteiger partial charge in [-0.25, -0.2) is 4.79 Å². The number of nitro benzene ring substituents is 1. The standard InChI is InChI=1S/C16H14N2O6/c1-9-8-10(6-7-13(9)18(22)23)15(20)17-12-5-3-4-11(14(12)19)16(21)24-2/h3-8,19H,1-2H3,(H,17,20). The summed E-state index contributed by atoms with van der Waals surface area (Å²) in [6.45, 7) is 1.52. The van der Waals surface area contributed by atoms with Crippen molar-refractivity contribution >= 4 is 23.3 Å². The molecule has 2 rings (SSSR count). The van der Waals surface area contributed by atoms with Crippen molar-refractivity contribution in [2.45, 2.75) is 6.92 Å². The lowest BCUT2D eigenvalue weighted by Crippen LogP contribution is -2.13. The average molecular weight is 330 g/mol. The van der Waals surface area contributed by atoms with Crippen LogP contribution in [0.5, 0.6) is 5.75 Å². The summed E-state index contributed by atoms with van der Waals surface area (Å²) in [5, 5.41) is 23.3. The van der Waals surface area contributed by atoms with Gasteiger partial charge in [-0.05, 0) is 31.2 Å². The number of nitrogens with zero attached hydrogens (tertiary/aromatic N) is 1. The smallest absolute Gasteiger partial charge is 0.341 e. The Bertz CT molecular complexity index is 831. The number of rotatable bonds is 4. The number of methoxy groups -OCH3 is 1. The molecule has 0 fully saturated rings. The zero-order valence-electron chi connectivity index (χ0n) is 12.9. The van der Waals surface area contributed by atoms with E-state index < -0.39 is 22.5 Å². The molecule has 0 saturated heterocycles. The van der Waals surface area contributed by atoms with Crippen LogP contribution in [0.4, 0.5) is 11.4 Å². The Kier molecular flexibility index (Phi) is 4.78. The Hall–Kier alpha value is -3.42. The number of benzene rings is 2. The molecule has 8 nitrogen and oxygen atoms in total. The summed E-state index contributed by atoms with van der Waals surface area (Å²) in [7, 11) is 1.17. The van der Waals surface area contributed by atoms with E-state index >= 15 is 0 Å². The van der Waals surface area contributed by atoms with Crippen LogP contribution in [-0.4, -0.2) is 29.0 Å². The highest BCUT2D eigenvalue weighted by molar-refractivity contribution is 6.06. The van der Waals surface area contributed by atoms with E-state index in [1.165, 1.54) is 50.4 Å². The molecule has 0 radical (unpaired) electrons. The first kappa shape index (κ1) is 16.9. The first-order valence-corrected chi connectivity index (χ1v) is 6.82. The fraction of sp³-hybridized carbons (Fsp3) is 0.125. The molecule has 0 atom stereocenters. The van der Waals surface area contributed by atoms with Gasteiger partial charge in [0.25, 0.3) is 11.6 Å². The quantitative estimate of drug-likeness (QED) is 0.385. The number of carbonyl (C=O) groups is 2. The van der Waals surface area contributed by atoms with Gasteiger partial charge in [-0.1, -0.05) is 6.07 Å². The van der Waals surface area contributed by atoms with Crippen LogP contribution in [0.25, 0.3) is 0 Å². The highest BCUT2D eigenvalue weighted by Crippen LogP contribution is 2.28. The van der Waals surface area contributed by atoms with Crippen LogP contribution in [0.2, 0.25) is 0 Å². The van der Waals surface area contributed by atoms with Crippen molar-refractivity contribution < 1.29 is 24.4 Å². The number of anilines is 1. The molecule has 2 aromatic rings. The third kappa shape index (κ3) is 3.32. The van der Waals surface area contributed by atoms with E-state index in [0.717, 1.165) is 0 Å². The summed E-state index contributed by atoms with van der Waals surface area (Å²) in [5.74, 6) is -1.74. The largest absolute Gasteiger partial charge is 0.505 e. The summed E-state index contributed by atoms with van der Waals surface area (Å²) in [5.41, 5.74) is 0.359. The topological polar surface area (TPSA) is 119 Å². The van der Waals surface area contributed by atoms with Gasteiger partial charge in [0.2, 0.25) is 0 Å². The molecule has 0 aliphatic heterocycles. The fourth-order valence-corrected chi connectivity index (χ4v) is 2.12. The van der Waals surface area contributed by atoms with Gasteiger partial charge in [0.05, 0.1) is 17.7 Å². The van der Waals surface area contributed by atoms with E-state index in [4.69, 9.17) is 0 Å². The normalized spacial score (nSPS) is 10.1. The molecule has 2 aromatic carbocycles. The molecular formula is C16H14N2O6. The van der Waals surface area contributed by atoms with Gasteiger partial charge in [-0.3, -0.25) is 14.9 Å². The molecule has 2 N–H and O–H groups in total. The number of aromatic hydroxyl groups is 1. The Morgan fingerprint density at radius 3 is 2.54 bits per heavy atom. The Balaban J connectivity index is 2.29. The molecule has 8 heteroatoms. The van der Waals surface area contributed by atoms with Crippen molar-refractivity contribution in [1.29, 1.82) is 0 Å². The van der Waals surface area contributed by atoms with Crippen LogP contribution in [0, 0.1) is 17.0 Å². The first-order valence-electron chi connectivity index (χ1n) is 6.82. The molecule has 0 aliphatic rings. The minimum absolute atomic E-state index is 0.0268. The van der Waals surface area contributed by atoms with Gasteiger partial charge in [0.15, 0.2) is 5.75 Å². The Labute approximate surface area is 136 Å². The number of nitrogens with one attached hydrogen (secondary N) is 1. The number of para-hydroxylation sites is 1. The second-order valence-electron chi connectivity index (χ2n) is 4.91. The van der Waals surface area contributed by atoms with Gasteiger partial charge in [0, 0.05) is 17.2 Å². The highest BCUT2D eigenvalue weighted by Gasteiger charge is 2.18. The van der Waals surface area contributed by atoms with Gasteiger partial charge in [-0.2, -0.15) is 0 Å². The molecule has 24 heavy (non-hydrogen) atoms. The SMILES string of the molecule is COC(=O)c1cccc(NC(=O)c2ccc([N+](=O)[O-])c(C)c2)c1O. The van der Waals surface area contributed by atoms with E-state index in [-0.39, 0.29) is 22.5 Å². The number of phenols is 1. The van der Waals surface area contributed by atoms with Crippen molar-refractivity contribution in [3.63, 3.8) is 0 Å². The van der Waals surface area contributed by atoms with Crippen LogP contribution < -0.4 is 5.32 Å². The van der Waals surface area contributed by atoms with Gasteiger partial charge in [0.1, 0.15) is 5.56 Å². The van der Waals surface area contributed by atoms with Crippen molar-refractivity contribution in [2.24, 2.45) is 0 Å². The van der Waals surface area contributed by atoms with Gasteiger partial charge >= 0.3 is 5.97 Å². The summed E-state index contributed by atoms with van der Waals surface area (Å²) in [6.07, 6.45) is 0. The lowest BCUT2D eigenvalue weighted by atomic mass is 10.1. The number of phenolic OH excluding ortho intramolecular Hbond substituents is 1. The van der Waals surface area contributed by atoms with E-state index in [0.29, 0.717) is 5.56 Å². The second-order valence-corrected chi connectivity index (χ2v) is 4.91. The zero-order chi connectivity index (χ0) is 17.9. The van der Waals surface area contributed by atoms with Gasteiger partial charge < -0.3 is 15.2 Å². The van der Waals surface area contributed by atoms with E-state index in [2.05, 4.69) is 10.1 Å². The maximum absolute atomic E-state index is 12.2. The number of hydrogen-bond acceptors (Lipinski definition) is 6. The Morgan fingerprint density at radius 2 is 1.96 bits per heavy atom. The highest BCUT2D eigenvalue weighted by atomic mass is 16.6. The minimum Gasteiger partial charge on any atom is -0.505 e. The lowest BCUT2D eigenvalue weighted by molar-refractivity contribution is -0.385. The number of esters is 1. The van der Waals surface area contributed by atoms with Crippen molar-refractivity contribution in [3.05, 3.63) is 63.2 Å². The summed E-state index contributed by atoms with van der Waals surface area (Å²) in [6, 6.07) is 8.15. The molecule has 0 spiro atoms. The van der Waals surface area contributed by atoms with Crippen molar-refractivity contribution in [1.82, 2.24) is 0 Å². The third-order valence-electron chi connectivity index (χ3n) is 3.35. The molecule has 0 aromatic heterocycles. The maximum atomic E-state index is 12.2. The molecule has 0 saturated carbocycles. The van der Waals surface area contributed by atoms with Crippen molar-refractivity contribution in [3.8, 4) is 5.75 Å². The zero-order valence-corrected chi connectivity index (χ0v) is 12.9. The van der Waals surface area contributed by atoms with Gasteiger partial charge in [-0.15, -0.1) is 0 Å². The lowest BCUT2D eigenvalue weighted by Gasteiger charge is -2.10. The number of nitro groups is 1. The number of hydrogen-bond donors (Lipinski definition) is 2. The number of ether oxygens (including phenoxy) is 1. The van der Waals surface area contributed by atoms with E-state index in [1.807, 2.05) is 0 Å². The summed E-state index contributed by atoms with van der Waals surface area (Å²) >= 11 is 0. The monoisotopic (exact) mass is 330 g/mol. The molecular weight excluding hydrogens is 316 g/mol. The molecule has 124 valence electrons. The number of amides is 1. The molecule has 1 amide bonds. The predicted molar refractivity (Wildman–Crippen MR) is 85.2 cm³/mol. The van der Waals surface area contributed by atoms with E-state index in [1.54, 1.807) is 0 Å². The molecule has 0 heterocycles. The Morgan fingerprint density at radius 1 is 1.25 bits per heavy atom. The fourth-order valence-electron chi connectivity index (χ4n) is 2.12. The minimum atomic E-state index is -0.741. The maximum Gasteiger partial charge on any atom is 0.341 e. The third-order valence-corrected chi connectivity index (χ3v) is 3.35. The van der Waals surface area contributed by atoms with Crippen molar-refractivity contribution in [2.75, 3.05) is 12.4 Å². The average Bonchev–Trinajstić information content (AvgIpc) is 2.55. The summed E-state index contributed by atoms with van der Waals surface area (Å²) < 4.78 is 4.54. The number of aryl methyl sites for hydroxylation is 1. The van der Waals surface area contributed by atoms with Crippen LogP contribution in [0.15, 0.2) is 36.4 Å². The van der Waals surface area contributed by atoms with Crippen LogP contribution >= 0.6 is 0 Å². The van der Waals surface area contributed by atoms with Crippen LogP contribution in [-0.2, 0) is 4.74 Å². The molecule has 0 unspecified atom stereocenters. The molecule has 0 bridgehead atoms. The summed E-state index contributed by atoms with van der Waals surface area (Å²) in [4.78, 5) is 34.0. The van der Waals surface area contributed by atoms with E-state index in [9.17, 15) is 24.8 Å². The molecule has 0 aliphatic carbocycles. The van der Waals surface area contributed by atoms with Crippen LogP contribution in [0.1, 0.15) is 26.3 Å². The first-order chi connectivity index (χ1) is 11.3.